The molecule has 0 unspecified atom stereocenters. The molecule has 43 heavy (non-hydrogen) atoms. The van der Waals surface area contributed by atoms with E-state index in [4.69, 9.17) is 4.74 Å². The minimum Gasteiger partial charge on any atom is -0.497 e. The molecule has 0 spiro atoms. The number of ether oxygens (including phenoxy) is 1. The standard InChI is InChI=1S/C32H35F3N4O4/c1-4-37(5-2)31(42)27-21-25(36-29(40)22-7-11-24(12-8-22)32(33,34)35)13-16-28(27)38-17-6-18-39(20-19-38)30(41)23-9-14-26(43-3)15-10-23/h7-16,21H,4-6,17-20H2,1-3H3,(H,36,40). The number of alkyl halides is 3. The highest BCUT2D eigenvalue weighted by Crippen LogP contribution is 2.30. The first-order chi connectivity index (χ1) is 20.5. The lowest BCUT2D eigenvalue weighted by Crippen LogP contribution is -2.36. The number of benzene rings is 3. The van der Waals surface area contributed by atoms with Crippen LogP contribution in [0, 0.1) is 0 Å². The number of carbonyl (C=O) groups excluding carboxylic acids is 3. The van der Waals surface area contributed by atoms with Gasteiger partial charge >= 0.3 is 6.18 Å². The van der Waals surface area contributed by atoms with E-state index in [1.165, 1.54) is 0 Å². The molecule has 1 heterocycles. The van der Waals surface area contributed by atoms with Crippen molar-refractivity contribution < 1.29 is 32.3 Å². The molecule has 1 fully saturated rings. The summed E-state index contributed by atoms with van der Waals surface area (Å²) < 4.78 is 44.0. The molecule has 1 saturated heterocycles. The number of halogens is 3. The van der Waals surface area contributed by atoms with Crippen molar-refractivity contribution in [2.45, 2.75) is 26.4 Å². The molecule has 1 aliphatic heterocycles. The van der Waals surface area contributed by atoms with Gasteiger partial charge in [-0.05, 0) is 87.0 Å². The molecule has 228 valence electrons. The van der Waals surface area contributed by atoms with Crippen molar-refractivity contribution in [3.05, 3.63) is 89.0 Å². The number of methoxy groups -OCH3 is 1. The molecule has 0 radical (unpaired) electrons. The molecule has 8 nitrogen and oxygen atoms in total. The normalized spacial score (nSPS) is 13.7. The molecule has 3 aromatic rings. The van der Waals surface area contributed by atoms with E-state index >= 15 is 0 Å². The summed E-state index contributed by atoms with van der Waals surface area (Å²) in [6, 6.07) is 16.0. The van der Waals surface area contributed by atoms with Gasteiger partial charge in [0.1, 0.15) is 5.75 Å². The highest BCUT2D eigenvalue weighted by molar-refractivity contribution is 6.06. The summed E-state index contributed by atoms with van der Waals surface area (Å²) in [5.74, 6) is -0.209. The number of nitrogens with zero attached hydrogens (tertiary/aromatic N) is 3. The molecular weight excluding hydrogens is 561 g/mol. The molecule has 0 bridgehead atoms. The molecular formula is C32H35F3N4O4. The fourth-order valence-corrected chi connectivity index (χ4v) is 5.03. The predicted molar refractivity (Wildman–Crippen MR) is 159 cm³/mol. The van der Waals surface area contributed by atoms with E-state index < -0.39 is 17.6 Å². The quantitative estimate of drug-likeness (QED) is 0.356. The van der Waals surface area contributed by atoms with Gasteiger partial charge in [0.25, 0.3) is 17.7 Å². The van der Waals surface area contributed by atoms with Crippen molar-refractivity contribution in [1.29, 1.82) is 0 Å². The van der Waals surface area contributed by atoms with Gasteiger partial charge in [0.15, 0.2) is 0 Å². The van der Waals surface area contributed by atoms with Gasteiger partial charge in [0.05, 0.1) is 18.2 Å². The van der Waals surface area contributed by atoms with Crippen LogP contribution in [-0.4, -0.2) is 73.9 Å². The Kier molecular flexibility index (Phi) is 9.95. The Bertz CT molecular complexity index is 1440. The lowest BCUT2D eigenvalue weighted by Gasteiger charge is -2.28. The van der Waals surface area contributed by atoms with Crippen molar-refractivity contribution in [3.63, 3.8) is 0 Å². The second-order valence-electron chi connectivity index (χ2n) is 10.1. The summed E-state index contributed by atoms with van der Waals surface area (Å²) in [5, 5.41) is 2.71. The Morgan fingerprint density at radius 1 is 0.860 bits per heavy atom. The Balaban J connectivity index is 1.55. The van der Waals surface area contributed by atoms with Crippen LogP contribution in [0.3, 0.4) is 0 Å². The monoisotopic (exact) mass is 596 g/mol. The number of hydrogen-bond donors (Lipinski definition) is 1. The minimum atomic E-state index is -4.50. The molecule has 4 rings (SSSR count). The van der Waals surface area contributed by atoms with Gasteiger partial charge in [-0.2, -0.15) is 13.2 Å². The Morgan fingerprint density at radius 3 is 2.12 bits per heavy atom. The van der Waals surface area contributed by atoms with Gasteiger partial charge < -0.3 is 24.8 Å². The zero-order valence-corrected chi connectivity index (χ0v) is 24.4. The summed E-state index contributed by atoms with van der Waals surface area (Å²) >= 11 is 0. The van der Waals surface area contributed by atoms with Crippen molar-refractivity contribution in [2.75, 3.05) is 56.6 Å². The third-order valence-electron chi connectivity index (χ3n) is 7.47. The average Bonchev–Trinajstić information content (AvgIpc) is 3.27. The minimum absolute atomic E-state index is 0.0582. The van der Waals surface area contributed by atoms with Crippen LogP contribution in [-0.2, 0) is 6.18 Å². The molecule has 0 atom stereocenters. The molecule has 0 saturated carbocycles. The highest BCUT2D eigenvalue weighted by atomic mass is 19.4. The molecule has 3 aromatic carbocycles. The van der Waals surface area contributed by atoms with E-state index in [-0.39, 0.29) is 17.4 Å². The van der Waals surface area contributed by atoms with Crippen LogP contribution in [0.5, 0.6) is 5.75 Å². The smallest absolute Gasteiger partial charge is 0.416 e. The van der Waals surface area contributed by atoms with Crippen molar-refractivity contribution in [1.82, 2.24) is 9.80 Å². The van der Waals surface area contributed by atoms with E-state index in [1.54, 1.807) is 59.4 Å². The van der Waals surface area contributed by atoms with Crippen LogP contribution in [0.15, 0.2) is 66.7 Å². The Hall–Kier alpha value is -4.54. The number of rotatable bonds is 8. The zero-order valence-electron chi connectivity index (χ0n) is 24.4. The topological polar surface area (TPSA) is 82.2 Å². The number of nitrogens with one attached hydrogen (secondary N) is 1. The van der Waals surface area contributed by atoms with Crippen LogP contribution in [0.4, 0.5) is 24.5 Å². The second-order valence-corrected chi connectivity index (χ2v) is 10.1. The molecule has 0 aromatic heterocycles. The van der Waals surface area contributed by atoms with Crippen molar-refractivity contribution in [2.24, 2.45) is 0 Å². The van der Waals surface area contributed by atoms with Gasteiger partial charge in [-0.25, -0.2) is 0 Å². The fraction of sp³-hybridized carbons (Fsp3) is 0.344. The van der Waals surface area contributed by atoms with E-state index in [0.29, 0.717) is 73.9 Å². The third-order valence-corrected chi connectivity index (χ3v) is 7.47. The van der Waals surface area contributed by atoms with Crippen LogP contribution in [0.1, 0.15) is 56.9 Å². The first-order valence-electron chi connectivity index (χ1n) is 14.2. The number of anilines is 2. The lowest BCUT2D eigenvalue weighted by atomic mass is 10.1. The largest absolute Gasteiger partial charge is 0.497 e. The van der Waals surface area contributed by atoms with Gasteiger partial charge in [-0.1, -0.05) is 0 Å². The van der Waals surface area contributed by atoms with Gasteiger partial charge in [-0.15, -0.1) is 0 Å². The average molecular weight is 597 g/mol. The summed E-state index contributed by atoms with van der Waals surface area (Å²) in [6.45, 7) is 6.86. The summed E-state index contributed by atoms with van der Waals surface area (Å²) in [7, 11) is 1.57. The maximum atomic E-state index is 13.6. The third kappa shape index (κ3) is 7.46. The number of amides is 3. The molecule has 1 aliphatic rings. The summed E-state index contributed by atoms with van der Waals surface area (Å²) in [4.78, 5) is 45.2. The van der Waals surface area contributed by atoms with E-state index in [2.05, 4.69) is 10.2 Å². The Labute approximate surface area is 249 Å². The fourth-order valence-electron chi connectivity index (χ4n) is 5.03. The summed E-state index contributed by atoms with van der Waals surface area (Å²) in [6.07, 6.45) is -3.81. The lowest BCUT2D eigenvalue weighted by molar-refractivity contribution is -0.137. The maximum Gasteiger partial charge on any atom is 0.416 e. The Morgan fingerprint density at radius 2 is 1.51 bits per heavy atom. The van der Waals surface area contributed by atoms with Crippen LogP contribution < -0.4 is 15.0 Å². The van der Waals surface area contributed by atoms with Crippen LogP contribution >= 0.6 is 0 Å². The maximum absolute atomic E-state index is 13.6. The van der Waals surface area contributed by atoms with E-state index in [9.17, 15) is 27.6 Å². The number of carbonyl (C=O) groups is 3. The van der Waals surface area contributed by atoms with E-state index in [0.717, 1.165) is 24.3 Å². The summed E-state index contributed by atoms with van der Waals surface area (Å²) in [5.41, 5.74) is 1.20. The SMILES string of the molecule is CCN(CC)C(=O)c1cc(NC(=O)c2ccc(C(F)(F)F)cc2)ccc1N1CCCN(C(=O)c2ccc(OC)cc2)CC1. The van der Waals surface area contributed by atoms with Crippen molar-refractivity contribution in [3.8, 4) is 5.75 Å². The molecule has 11 heteroatoms. The van der Waals surface area contributed by atoms with Crippen LogP contribution in [0.25, 0.3) is 0 Å². The predicted octanol–water partition coefficient (Wildman–Crippen LogP) is 5.80. The molecule has 3 amide bonds. The van der Waals surface area contributed by atoms with Gasteiger partial charge in [0, 0.05) is 61.8 Å². The number of hydrogen-bond acceptors (Lipinski definition) is 5. The van der Waals surface area contributed by atoms with E-state index in [1.807, 2.05) is 13.8 Å². The van der Waals surface area contributed by atoms with Gasteiger partial charge in [0.2, 0.25) is 0 Å². The first-order valence-corrected chi connectivity index (χ1v) is 14.2. The highest BCUT2D eigenvalue weighted by Gasteiger charge is 2.30. The van der Waals surface area contributed by atoms with Crippen LogP contribution in [0.2, 0.25) is 0 Å². The first kappa shape index (κ1) is 31.4. The zero-order chi connectivity index (χ0) is 31.1. The van der Waals surface area contributed by atoms with Gasteiger partial charge in [-0.3, -0.25) is 14.4 Å². The van der Waals surface area contributed by atoms with Crippen molar-refractivity contribution >= 4 is 29.1 Å². The molecule has 0 aliphatic carbocycles. The second kappa shape index (κ2) is 13.6. The molecule has 1 N–H and O–H groups in total.